The summed E-state index contributed by atoms with van der Waals surface area (Å²) in [6.07, 6.45) is 22.2. The van der Waals surface area contributed by atoms with E-state index in [9.17, 15) is 0 Å². The van der Waals surface area contributed by atoms with Gasteiger partial charge in [0.1, 0.15) is 0 Å². The van der Waals surface area contributed by atoms with Crippen LogP contribution < -0.4 is 16.0 Å². The SMILES string of the molecule is C=C(NC)C1=CCC(CC2CCC2C(/C=C/CCC(C)CC)CNC)(OCC(CNC)c2ccc(Cl)cc2CCC)C=C1. The molecule has 0 radical (unpaired) electrons. The monoisotopic (exact) mass is 609 g/mol. The van der Waals surface area contributed by atoms with Crippen LogP contribution in [0, 0.1) is 23.7 Å². The molecule has 6 atom stereocenters. The van der Waals surface area contributed by atoms with E-state index in [1.54, 1.807) is 0 Å². The molecule has 0 aliphatic heterocycles. The van der Waals surface area contributed by atoms with Crippen LogP contribution >= 0.6 is 11.6 Å². The quantitative estimate of drug-likeness (QED) is 0.130. The van der Waals surface area contributed by atoms with E-state index in [-0.39, 0.29) is 11.5 Å². The third kappa shape index (κ3) is 10.3. The van der Waals surface area contributed by atoms with E-state index >= 15 is 0 Å². The molecule has 0 heterocycles. The van der Waals surface area contributed by atoms with Crippen molar-refractivity contribution in [2.75, 3.05) is 40.8 Å². The van der Waals surface area contributed by atoms with Crippen LogP contribution in [0.4, 0.5) is 0 Å². The summed E-state index contributed by atoms with van der Waals surface area (Å²) in [5.74, 6) is 2.98. The highest BCUT2D eigenvalue weighted by Crippen LogP contribution is 2.47. The standard InChI is InChI=1S/C38H60ClN3O/c1-8-12-31-23-35(39)16-18-36(31)34(26-41-6)27-43-38(21-19-30(20-22-38)29(4)42-7)24-32-15-17-37(32)33(25-40-5)14-11-10-13-28(3)9-2/h11,14,16,18-21,23,28,32-34,37,40-42H,4,8-10,12-13,15,17,22,24-27H2,1-3,5-7H3/b14-11+. The fourth-order valence-electron chi connectivity index (χ4n) is 6.89. The van der Waals surface area contributed by atoms with Crippen molar-refractivity contribution in [2.45, 2.75) is 90.1 Å². The van der Waals surface area contributed by atoms with Crippen LogP contribution in [0.25, 0.3) is 0 Å². The Labute approximate surface area is 268 Å². The number of allylic oxidation sites excluding steroid dienone is 2. The van der Waals surface area contributed by atoms with Crippen LogP contribution in [0.3, 0.4) is 0 Å². The van der Waals surface area contributed by atoms with E-state index in [0.29, 0.717) is 24.4 Å². The van der Waals surface area contributed by atoms with Crippen molar-refractivity contribution in [1.29, 1.82) is 0 Å². The Kier molecular flexibility index (Phi) is 15.1. The number of hydrogen-bond acceptors (Lipinski definition) is 4. The minimum absolute atomic E-state index is 0.259. The van der Waals surface area contributed by atoms with E-state index in [1.807, 2.05) is 20.2 Å². The van der Waals surface area contributed by atoms with Gasteiger partial charge >= 0.3 is 0 Å². The topological polar surface area (TPSA) is 45.3 Å². The highest BCUT2D eigenvalue weighted by molar-refractivity contribution is 6.30. The van der Waals surface area contributed by atoms with E-state index in [0.717, 1.165) is 55.4 Å². The summed E-state index contributed by atoms with van der Waals surface area (Å²) in [5, 5.41) is 11.0. The lowest BCUT2D eigenvalue weighted by Gasteiger charge is -2.46. The summed E-state index contributed by atoms with van der Waals surface area (Å²) in [6.45, 7) is 13.7. The lowest BCUT2D eigenvalue weighted by molar-refractivity contribution is -0.0529. The van der Waals surface area contributed by atoms with Crippen molar-refractivity contribution in [3.63, 3.8) is 0 Å². The molecule has 1 aromatic carbocycles. The van der Waals surface area contributed by atoms with Crippen molar-refractivity contribution >= 4 is 11.6 Å². The maximum Gasteiger partial charge on any atom is 0.0903 e. The Hall–Kier alpha value is -1.85. The van der Waals surface area contributed by atoms with E-state index in [2.05, 4.69) is 92.9 Å². The van der Waals surface area contributed by atoms with Crippen molar-refractivity contribution in [3.05, 3.63) is 82.6 Å². The number of aryl methyl sites for hydroxylation is 1. The molecule has 0 spiro atoms. The Bertz CT molecular complexity index is 1090. The molecule has 1 aromatic rings. The summed E-state index contributed by atoms with van der Waals surface area (Å²) < 4.78 is 7.11. The molecule has 2 aliphatic rings. The van der Waals surface area contributed by atoms with Gasteiger partial charge in [-0.25, -0.2) is 0 Å². The lowest BCUT2D eigenvalue weighted by Crippen LogP contribution is -2.43. The van der Waals surface area contributed by atoms with Crippen molar-refractivity contribution in [3.8, 4) is 0 Å². The number of hydrogen-bond donors (Lipinski definition) is 3. The lowest BCUT2D eigenvalue weighted by atomic mass is 9.62. The molecule has 0 saturated heterocycles. The molecule has 240 valence electrons. The summed E-state index contributed by atoms with van der Waals surface area (Å²) in [6, 6.07) is 6.40. The fraction of sp³-hybridized carbons (Fsp3) is 0.632. The average molecular weight is 610 g/mol. The van der Waals surface area contributed by atoms with Crippen LogP contribution in [-0.2, 0) is 11.2 Å². The molecule has 1 saturated carbocycles. The largest absolute Gasteiger partial charge is 0.388 e. The molecule has 3 rings (SSSR count). The molecular formula is C38H60ClN3O. The molecule has 0 bridgehead atoms. The van der Waals surface area contributed by atoms with Crippen molar-refractivity contribution in [2.24, 2.45) is 23.7 Å². The number of nitrogens with one attached hydrogen (secondary N) is 3. The second kappa shape index (κ2) is 18.2. The molecule has 2 aliphatic carbocycles. The van der Waals surface area contributed by atoms with Crippen LogP contribution in [0.2, 0.25) is 5.02 Å². The first-order valence-electron chi connectivity index (χ1n) is 16.9. The normalized spacial score (nSPS) is 23.9. The van der Waals surface area contributed by atoms with Gasteiger partial charge in [0.25, 0.3) is 0 Å². The highest BCUT2D eigenvalue weighted by Gasteiger charge is 2.42. The summed E-state index contributed by atoms with van der Waals surface area (Å²) in [5.41, 5.74) is 4.51. The number of benzene rings is 1. The average Bonchev–Trinajstić information content (AvgIpc) is 3.00. The smallest absolute Gasteiger partial charge is 0.0903 e. The molecule has 3 N–H and O–H groups in total. The Balaban J connectivity index is 1.80. The van der Waals surface area contributed by atoms with Gasteiger partial charge in [-0.15, -0.1) is 0 Å². The van der Waals surface area contributed by atoms with Gasteiger partial charge in [-0.05, 0) is 112 Å². The molecule has 5 heteroatoms. The van der Waals surface area contributed by atoms with Crippen molar-refractivity contribution in [1.82, 2.24) is 16.0 Å². The number of ether oxygens (including phenoxy) is 1. The first-order valence-corrected chi connectivity index (χ1v) is 17.3. The second-order valence-electron chi connectivity index (χ2n) is 13.1. The van der Waals surface area contributed by atoms with Crippen LogP contribution in [0.5, 0.6) is 0 Å². The predicted molar refractivity (Wildman–Crippen MR) is 187 cm³/mol. The Morgan fingerprint density at radius 1 is 1.16 bits per heavy atom. The second-order valence-corrected chi connectivity index (χ2v) is 13.5. The van der Waals surface area contributed by atoms with Gasteiger partial charge in [0.2, 0.25) is 0 Å². The van der Waals surface area contributed by atoms with Gasteiger partial charge in [-0.2, -0.15) is 0 Å². The Morgan fingerprint density at radius 2 is 1.95 bits per heavy atom. The molecule has 6 unspecified atom stereocenters. The maximum atomic E-state index is 7.11. The predicted octanol–water partition coefficient (Wildman–Crippen LogP) is 8.60. The highest BCUT2D eigenvalue weighted by atomic mass is 35.5. The van der Waals surface area contributed by atoms with Crippen LogP contribution in [-0.4, -0.2) is 46.4 Å². The number of halogens is 1. The summed E-state index contributed by atoms with van der Waals surface area (Å²) >= 11 is 6.42. The molecule has 0 amide bonds. The van der Waals surface area contributed by atoms with Gasteiger partial charge in [0, 0.05) is 36.8 Å². The zero-order chi connectivity index (χ0) is 31.2. The molecule has 4 nitrogen and oxygen atoms in total. The van der Waals surface area contributed by atoms with Crippen LogP contribution in [0.15, 0.2) is 66.4 Å². The first kappa shape index (κ1) is 35.6. The molecule has 1 fully saturated rings. The fourth-order valence-corrected chi connectivity index (χ4v) is 7.08. The zero-order valence-electron chi connectivity index (χ0n) is 28.0. The van der Waals surface area contributed by atoms with E-state index in [4.69, 9.17) is 16.3 Å². The van der Waals surface area contributed by atoms with Crippen LogP contribution in [0.1, 0.15) is 89.2 Å². The summed E-state index contributed by atoms with van der Waals surface area (Å²) in [7, 11) is 6.07. The van der Waals surface area contributed by atoms with E-state index in [1.165, 1.54) is 48.8 Å². The van der Waals surface area contributed by atoms with Gasteiger partial charge in [-0.1, -0.05) is 88.2 Å². The minimum Gasteiger partial charge on any atom is -0.388 e. The van der Waals surface area contributed by atoms with Gasteiger partial charge in [-0.3, -0.25) is 0 Å². The third-order valence-electron chi connectivity index (χ3n) is 9.95. The van der Waals surface area contributed by atoms with Gasteiger partial charge in [0.15, 0.2) is 0 Å². The van der Waals surface area contributed by atoms with Gasteiger partial charge < -0.3 is 20.7 Å². The molecule has 0 aromatic heterocycles. The minimum atomic E-state index is -0.311. The number of rotatable bonds is 20. The van der Waals surface area contributed by atoms with Crippen molar-refractivity contribution < 1.29 is 4.74 Å². The summed E-state index contributed by atoms with van der Waals surface area (Å²) in [4.78, 5) is 0. The number of likely N-dealkylation sites (N-methyl/N-ethyl adjacent to an activating group) is 2. The molecule has 43 heavy (non-hydrogen) atoms. The zero-order valence-corrected chi connectivity index (χ0v) is 28.7. The maximum absolute atomic E-state index is 7.11. The van der Waals surface area contributed by atoms with E-state index < -0.39 is 0 Å². The van der Waals surface area contributed by atoms with Gasteiger partial charge in [0.05, 0.1) is 12.2 Å². The first-order chi connectivity index (χ1) is 20.8. The Morgan fingerprint density at radius 3 is 2.56 bits per heavy atom. The third-order valence-corrected chi connectivity index (χ3v) is 10.2. The molecular weight excluding hydrogens is 550 g/mol.